The standard InChI is InChI=1S/C23H31NO4.C22H27NO5.CH4.2H3P/c1-5-20-21(26-3)14-19(15-22(20)27-4)28-13-7-6-8-23(25)24-16-18-11-9-17(2)10-12-18;1-16-7-9-17(10-8-16)14-23-22(25)6-4-5-11-28-18-12-20(26-2)19(15-24)21(13-18)27-3;;;/h9-12,14-15H,5-8,13,16H2,1-4H3,(H,24,25);7-10,12-13,15H,4-6,11,14H2,1-3H3,(H,23,25);1H4;2*1H3. The van der Waals surface area contributed by atoms with Gasteiger partial charge in [0, 0.05) is 55.8 Å². The average molecular weight is 855 g/mol. The van der Waals surface area contributed by atoms with Crippen LogP contribution < -0.4 is 39.1 Å². The molecular weight excluding hydrogens is 786 g/mol. The molecule has 4 rings (SSSR count). The first-order valence-electron chi connectivity index (χ1n) is 19.0. The summed E-state index contributed by atoms with van der Waals surface area (Å²) < 4.78 is 32.8. The number of hydrogen-bond donors (Lipinski definition) is 2. The average Bonchev–Trinajstić information content (AvgIpc) is 3.22. The smallest absolute Gasteiger partial charge is 0.220 e. The number of benzene rings is 4. The van der Waals surface area contributed by atoms with E-state index in [9.17, 15) is 14.4 Å². The zero-order valence-electron chi connectivity index (χ0n) is 35.4. The second-order valence-electron chi connectivity index (χ2n) is 13.2. The van der Waals surface area contributed by atoms with Crippen LogP contribution >= 0.6 is 19.8 Å². The highest BCUT2D eigenvalue weighted by Crippen LogP contribution is 2.35. The van der Waals surface area contributed by atoms with Crippen molar-refractivity contribution in [2.45, 2.75) is 86.2 Å². The number of carbonyl (C=O) groups is 3. The van der Waals surface area contributed by atoms with Crippen molar-refractivity contribution < 1.29 is 42.8 Å². The van der Waals surface area contributed by atoms with Gasteiger partial charge in [0.1, 0.15) is 34.5 Å². The van der Waals surface area contributed by atoms with E-state index in [1.807, 2.05) is 55.5 Å². The van der Waals surface area contributed by atoms with E-state index in [0.717, 1.165) is 66.0 Å². The van der Waals surface area contributed by atoms with E-state index in [2.05, 4.69) is 36.6 Å². The number of nitrogens with one attached hydrogen (secondary N) is 2. The summed E-state index contributed by atoms with van der Waals surface area (Å²) in [5.74, 6) is 3.72. The van der Waals surface area contributed by atoms with Crippen molar-refractivity contribution in [1.82, 2.24) is 10.6 Å². The molecule has 2 unspecified atom stereocenters. The predicted molar refractivity (Wildman–Crippen MR) is 248 cm³/mol. The lowest BCUT2D eigenvalue weighted by atomic mass is 10.1. The number of methoxy groups -OCH3 is 4. The van der Waals surface area contributed by atoms with Gasteiger partial charge in [-0.15, -0.1) is 0 Å². The van der Waals surface area contributed by atoms with E-state index >= 15 is 0 Å². The number of carbonyl (C=O) groups excluding carboxylic acids is 3. The second kappa shape index (κ2) is 30.2. The summed E-state index contributed by atoms with van der Waals surface area (Å²) in [5.41, 5.74) is 6.00. The Balaban J connectivity index is 0.00000109. The molecule has 4 aromatic rings. The van der Waals surface area contributed by atoms with Crippen LogP contribution in [0.5, 0.6) is 34.5 Å². The van der Waals surface area contributed by atoms with Crippen molar-refractivity contribution in [2.24, 2.45) is 0 Å². The monoisotopic (exact) mass is 854 g/mol. The molecule has 0 saturated carbocycles. The number of aryl methyl sites for hydroxylation is 2. The third-order valence-electron chi connectivity index (χ3n) is 8.92. The Bertz CT molecular complexity index is 1770. The van der Waals surface area contributed by atoms with Gasteiger partial charge in [0.15, 0.2) is 6.29 Å². The summed E-state index contributed by atoms with van der Waals surface area (Å²) in [4.78, 5) is 35.1. The molecule has 59 heavy (non-hydrogen) atoms. The number of aldehydes is 1. The number of amides is 2. The fraction of sp³-hybridized carbons (Fsp3) is 0.413. The van der Waals surface area contributed by atoms with Crippen molar-refractivity contribution >= 4 is 37.9 Å². The molecule has 0 aromatic heterocycles. The number of hydrogen-bond acceptors (Lipinski definition) is 9. The minimum absolute atomic E-state index is 0. The van der Waals surface area contributed by atoms with Crippen LogP contribution in [0.3, 0.4) is 0 Å². The van der Waals surface area contributed by atoms with E-state index < -0.39 is 0 Å². The molecule has 0 heterocycles. The normalized spacial score (nSPS) is 9.81. The Morgan fingerprint density at radius 1 is 0.576 bits per heavy atom. The van der Waals surface area contributed by atoms with Crippen LogP contribution in [0.15, 0.2) is 72.8 Å². The summed E-state index contributed by atoms with van der Waals surface area (Å²) >= 11 is 0. The SMILES string of the molecule is C.CCc1c(OC)cc(OCCCCC(=O)NCc2ccc(C)cc2)cc1OC.COc1cc(OCCCCC(=O)NCc2ccc(C)cc2)cc(OC)c1C=O.P.P. The zero-order valence-corrected chi connectivity index (χ0v) is 38.2. The molecule has 0 radical (unpaired) electrons. The number of rotatable bonds is 22. The molecule has 0 spiro atoms. The number of ether oxygens (including phenoxy) is 6. The first-order chi connectivity index (χ1) is 27.1. The van der Waals surface area contributed by atoms with E-state index in [1.54, 1.807) is 26.4 Å². The third-order valence-corrected chi connectivity index (χ3v) is 8.92. The predicted octanol–water partition coefficient (Wildman–Crippen LogP) is 8.88. The van der Waals surface area contributed by atoms with Crippen LogP contribution in [-0.2, 0) is 29.1 Å². The van der Waals surface area contributed by atoms with Gasteiger partial charge in [-0.05, 0) is 57.1 Å². The molecule has 0 bridgehead atoms. The molecule has 2 N–H and O–H groups in total. The van der Waals surface area contributed by atoms with Gasteiger partial charge in [0.25, 0.3) is 0 Å². The lowest BCUT2D eigenvalue weighted by molar-refractivity contribution is -0.122. The molecule has 0 fully saturated rings. The highest BCUT2D eigenvalue weighted by atomic mass is 31.0. The second-order valence-corrected chi connectivity index (χ2v) is 13.2. The molecular formula is C46H68N2O9P2. The van der Waals surface area contributed by atoms with Crippen LogP contribution in [0, 0.1) is 13.8 Å². The zero-order chi connectivity index (χ0) is 40.7. The topological polar surface area (TPSA) is 131 Å². The first-order valence-corrected chi connectivity index (χ1v) is 19.0. The van der Waals surface area contributed by atoms with E-state index in [1.165, 1.54) is 25.3 Å². The minimum atomic E-state index is 0. The highest BCUT2D eigenvalue weighted by molar-refractivity contribution is 6.92. The van der Waals surface area contributed by atoms with Crippen molar-refractivity contribution in [3.8, 4) is 34.5 Å². The molecule has 2 atom stereocenters. The Labute approximate surface area is 358 Å². The Morgan fingerprint density at radius 3 is 1.25 bits per heavy atom. The number of unbranched alkanes of at least 4 members (excludes halogenated alkanes) is 2. The molecule has 2 amide bonds. The van der Waals surface area contributed by atoms with E-state index in [4.69, 9.17) is 28.4 Å². The van der Waals surface area contributed by atoms with Gasteiger partial charge in [-0.3, -0.25) is 14.4 Å². The minimum Gasteiger partial charge on any atom is -0.496 e. The molecule has 13 heteroatoms. The van der Waals surface area contributed by atoms with Crippen LogP contribution in [0.25, 0.3) is 0 Å². The highest BCUT2D eigenvalue weighted by Gasteiger charge is 2.14. The Hall–Kier alpha value is -4.85. The van der Waals surface area contributed by atoms with Crippen molar-refractivity contribution in [1.29, 1.82) is 0 Å². The Kier molecular flexibility index (Phi) is 27.7. The summed E-state index contributed by atoms with van der Waals surface area (Å²) in [5, 5.41) is 5.88. The largest absolute Gasteiger partial charge is 0.496 e. The molecule has 0 aliphatic heterocycles. The molecule has 4 aromatic carbocycles. The maximum absolute atomic E-state index is 12.0. The quantitative estimate of drug-likeness (QED) is 0.0452. The van der Waals surface area contributed by atoms with Crippen LogP contribution in [-0.4, -0.2) is 59.8 Å². The van der Waals surface area contributed by atoms with Gasteiger partial charge in [0.05, 0.1) is 47.2 Å². The van der Waals surface area contributed by atoms with E-state index in [-0.39, 0.29) is 39.0 Å². The summed E-state index contributed by atoms with van der Waals surface area (Å²) in [6.45, 7) is 8.26. The fourth-order valence-corrected chi connectivity index (χ4v) is 5.65. The molecule has 0 aliphatic rings. The van der Waals surface area contributed by atoms with Gasteiger partial charge in [0.2, 0.25) is 11.8 Å². The lowest BCUT2D eigenvalue weighted by Crippen LogP contribution is -2.22. The Morgan fingerprint density at radius 2 is 0.932 bits per heavy atom. The maximum Gasteiger partial charge on any atom is 0.220 e. The van der Waals surface area contributed by atoms with Gasteiger partial charge in [-0.2, -0.15) is 19.8 Å². The van der Waals surface area contributed by atoms with Crippen molar-refractivity contribution in [3.05, 3.63) is 106 Å². The van der Waals surface area contributed by atoms with Crippen LogP contribution in [0.1, 0.15) is 91.1 Å². The van der Waals surface area contributed by atoms with Crippen LogP contribution in [0.4, 0.5) is 0 Å². The van der Waals surface area contributed by atoms with Crippen LogP contribution in [0.2, 0.25) is 0 Å². The van der Waals surface area contributed by atoms with Crippen molar-refractivity contribution in [2.75, 3.05) is 41.7 Å². The molecule has 326 valence electrons. The fourth-order valence-electron chi connectivity index (χ4n) is 5.65. The van der Waals surface area contributed by atoms with Gasteiger partial charge in [-0.1, -0.05) is 74.0 Å². The molecule has 0 saturated heterocycles. The molecule has 0 aliphatic carbocycles. The lowest BCUT2D eigenvalue weighted by Gasteiger charge is -2.15. The third kappa shape index (κ3) is 19.2. The summed E-state index contributed by atoms with van der Waals surface area (Å²) in [6, 6.07) is 23.3. The first kappa shape index (κ1) is 54.2. The summed E-state index contributed by atoms with van der Waals surface area (Å²) in [7, 11) is 6.27. The maximum atomic E-state index is 12.0. The van der Waals surface area contributed by atoms with Gasteiger partial charge in [-0.25, -0.2) is 0 Å². The van der Waals surface area contributed by atoms with E-state index in [0.29, 0.717) is 68.2 Å². The van der Waals surface area contributed by atoms with Gasteiger partial charge >= 0.3 is 0 Å². The van der Waals surface area contributed by atoms with Gasteiger partial charge < -0.3 is 39.1 Å². The summed E-state index contributed by atoms with van der Waals surface area (Å²) in [6.07, 6.45) is 5.50. The molecule has 11 nitrogen and oxygen atoms in total. The van der Waals surface area contributed by atoms with Crippen molar-refractivity contribution in [3.63, 3.8) is 0 Å².